The summed E-state index contributed by atoms with van der Waals surface area (Å²) < 4.78 is 14.6. The summed E-state index contributed by atoms with van der Waals surface area (Å²) in [5, 5.41) is 3.40. The average molecular weight is 302 g/mol. The monoisotopic (exact) mass is 301 g/mol. The van der Waals surface area contributed by atoms with Crippen molar-refractivity contribution in [1.29, 1.82) is 0 Å². The van der Waals surface area contributed by atoms with Crippen molar-refractivity contribution in [2.75, 3.05) is 13.1 Å². The maximum absolute atomic E-state index is 13.6. The summed E-state index contributed by atoms with van der Waals surface area (Å²) in [7, 11) is 0. The second-order valence-corrected chi connectivity index (χ2v) is 6.17. The van der Waals surface area contributed by atoms with Crippen molar-refractivity contribution in [3.8, 4) is 0 Å². The third-order valence-electron chi connectivity index (χ3n) is 2.71. The number of hydrogen-bond donors (Lipinski definition) is 1. The normalized spacial score (nSPS) is 11.8. The Labute approximate surface area is 112 Å². The molecule has 1 nitrogen and oxygen atoms in total. The molecule has 0 aliphatic rings. The van der Waals surface area contributed by atoms with Gasteiger partial charge in [0.1, 0.15) is 5.82 Å². The lowest BCUT2D eigenvalue weighted by Gasteiger charge is -2.25. The fourth-order valence-corrected chi connectivity index (χ4v) is 2.27. The van der Waals surface area contributed by atoms with Crippen molar-refractivity contribution >= 4 is 15.9 Å². The average Bonchev–Trinajstić information content (AvgIpc) is 2.23. The highest BCUT2D eigenvalue weighted by Crippen LogP contribution is 2.25. The van der Waals surface area contributed by atoms with Crippen LogP contribution in [0.2, 0.25) is 0 Å². The molecule has 0 heterocycles. The Balaban J connectivity index is 2.65. The lowest BCUT2D eigenvalue weighted by molar-refractivity contribution is 0.334. The molecule has 96 valence electrons. The van der Waals surface area contributed by atoms with Gasteiger partial charge in [0.2, 0.25) is 0 Å². The van der Waals surface area contributed by atoms with Gasteiger partial charge >= 0.3 is 0 Å². The molecule has 1 aromatic carbocycles. The molecule has 1 N–H and O–H groups in total. The number of benzene rings is 1. The van der Waals surface area contributed by atoms with Crippen molar-refractivity contribution < 1.29 is 4.39 Å². The fraction of sp³-hybridized carbons (Fsp3) is 0.571. The van der Waals surface area contributed by atoms with Gasteiger partial charge < -0.3 is 5.32 Å². The van der Waals surface area contributed by atoms with Crippen LogP contribution in [-0.4, -0.2) is 13.1 Å². The smallest absolute Gasteiger partial charge is 0.126 e. The van der Waals surface area contributed by atoms with E-state index in [1.54, 1.807) is 6.07 Å². The summed E-state index contributed by atoms with van der Waals surface area (Å²) in [6.45, 7) is 8.40. The molecular formula is C14H21BrFN. The van der Waals surface area contributed by atoms with Crippen LogP contribution in [-0.2, 0) is 6.42 Å². The Hall–Kier alpha value is -0.410. The molecule has 0 aliphatic carbocycles. The van der Waals surface area contributed by atoms with E-state index < -0.39 is 0 Å². The van der Waals surface area contributed by atoms with E-state index in [9.17, 15) is 4.39 Å². The predicted molar refractivity (Wildman–Crippen MR) is 74.7 cm³/mol. The van der Waals surface area contributed by atoms with Gasteiger partial charge in [0, 0.05) is 11.0 Å². The molecule has 1 rings (SSSR count). The highest BCUT2D eigenvalue weighted by Gasteiger charge is 2.20. The molecule has 17 heavy (non-hydrogen) atoms. The molecule has 0 aromatic heterocycles. The molecule has 0 radical (unpaired) electrons. The van der Waals surface area contributed by atoms with Crippen molar-refractivity contribution in [3.05, 3.63) is 34.1 Å². The molecule has 0 atom stereocenters. The first-order valence-electron chi connectivity index (χ1n) is 6.09. The summed E-state index contributed by atoms with van der Waals surface area (Å²) in [4.78, 5) is 0. The minimum absolute atomic E-state index is 0.0663. The molecule has 0 bridgehead atoms. The van der Waals surface area contributed by atoms with Crippen LogP contribution in [0.5, 0.6) is 0 Å². The van der Waals surface area contributed by atoms with Gasteiger partial charge in [0.05, 0.1) is 0 Å². The third kappa shape index (κ3) is 5.17. The lowest BCUT2D eigenvalue weighted by atomic mass is 9.85. The van der Waals surface area contributed by atoms with E-state index in [0.29, 0.717) is 0 Å². The van der Waals surface area contributed by atoms with E-state index in [0.717, 1.165) is 36.0 Å². The van der Waals surface area contributed by atoms with E-state index in [4.69, 9.17) is 0 Å². The molecule has 0 unspecified atom stereocenters. The molecule has 0 aliphatic heterocycles. The van der Waals surface area contributed by atoms with Gasteiger partial charge in [-0.3, -0.25) is 0 Å². The van der Waals surface area contributed by atoms with Gasteiger partial charge in [-0.05, 0) is 48.6 Å². The quantitative estimate of drug-likeness (QED) is 0.778. The zero-order chi connectivity index (χ0) is 12.9. The van der Waals surface area contributed by atoms with Crippen LogP contribution in [0.15, 0.2) is 22.7 Å². The van der Waals surface area contributed by atoms with Gasteiger partial charge in [0.15, 0.2) is 0 Å². The molecular weight excluding hydrogens is 281 g/mol. The number of rotatable bonds is 6. The molecule has 1 aromatic rings. The van der Waals surface area contributed by atoms with Crippen molar-refractivity contribution in [3.63, 3.8) is 0 Å². The highest BCUT2D eigenvalue weighted by atomic mass is 79.9. The Bertz CT molecular complexity index is 363. The molecule has 0 saturated heterocycles. The zero-order valence-electron chi connectivity index (χ0n) is 10.8. The maximum Gasteiger partial charge on any atom is 0.126 e. The second-order valence-electron chi connectivity index (χ2n) is 5.25. The van der Waals surface area contributed by atoms with Crippen LogP contribution < -0.4 is 5.32 Å². The summed E-state index contributed by atoms with van der Waals surface area (Å²) in [5.41, 5.74) is 0.847. The minimum Gasteiger partial charge on any atom is -0.316 e. The van der Waals surface area contributed by atoms with Crippen LogP contribution >= 0.6 is 15.9 Å². The summed E-state index contributed by atoms with van der Waals surface area (Å²) in [6, 6.07) is 5.13. The predicted octanol–water partition coefficient (Wildman–Crippen LogP) is 4.16. The van der Waals surface area contributed by atoms with Crippen molar-refractivity contribution in [2.45, 2.75) is 33.6 Å². The van der Waals surface area contributed by atoms with Gasteiger partial charge in [0.25, 0.3) is 0 Å². The topological polar surface area (TPSA) is 12.0 Å². The largest absolute Gasteiger partial charge is 0.316 e. The lowest BCUT2D eigenvalue weighted by Crippen LogP contribution is -2.31. The SMILES string of the molecule is CCCNCC(C)(C)Cc1cc(Br)ccc1F. The maximum atomic E-state index is 13.6. The first kappa shape index (κ1) is 14.7. The van der Waals surface area contributed by atoms with Crippen LogP contribution in [0.3, 0.4) is 0 Å². The van der Waals surface area contributed by atoms with Crippen LogP contribution in [0.25, 0.3) is 0 Å². The van der Waals surface area contributed by atoms with Gasteiger partial charge in [-0.1, -0.05) is 36.7 Å². The van der Waals surface area contributed by atoms with Gasteiger partial charge in [-0.25, -0.2) is 4.39 Å². The number of nitrogens with one attached hydrogen (secondary N) is 1. The van der Waals surface area contributed by atoms with Crippen LogP contribution in [0.1, 0.15) is 32.8 Å². The van der Waals surface area contributed by atoms with Crippen LogP contribution in [0.4, 0.5) is 4.39 Å². The zero-order valence-corrected chi connectivity index (χ0v) is 12.4. The Morgan fingerprint density at radius 2 is 2.06 bits per heavy atom. The van der Waals surface area contributed by atoms with Gasteiger partial charge in [-0.2, -0.15) is 0 Å². The molecule has 3 heteroatoms. The van der Waals surface area contributed by atoms with E-state index >= 15 is 0 Å². The van der Waals surface area contributed by atoms with Gasteiger partial charge in [-0.15, -0.1) is 0 Å². The summed E-state index contributed by atoms with van der Waals surface area (Å²) in [6.07, 6.45) is 1.87. The first-order valence-corrected chi connectivity index (χ1v) is 6.88. The van der Waals surface area contributed by atoms with E-state index in [1.807, 2.05) is 6.07 Å². The molecule has 0 saturated carbocycles. The fourth-order valence-electron chi connectivity index (χ4n) is 1.86. The summed E-state index contributed by atoms with van der Waals surface area (Å²) >= 11 is 3.39. The molecule has 0 spiro atoms. The summed E-state index contributed by atoms with van der Waals surface area (Å²) in [5.74, 6) is -0.114. The second kappa shape index (κ2) is 6.50. The number of halogens is 2. The third-order valence-corrected chi connectivity index (χ3v) is 3.20. The van der Waals surface area contributed by atoms with E-state index in [2.05, 4.69) is 42.0 Å². The minimum atomic E-state index is -0.114. The highest BCUT2D eigenvalue weighted by molar-refractivity contribution is 9.10. The van der Waals surface area contributed by atoms with Crippen molar-refractivity contribution in [1.82, 2.24) is 5.32 Å². The van der Waals surface area contributed by atoms with Crippen molar-refractivity contribution in [2.24, 2.45) is 5.41 Å². The number of hydrogen-bond acceptors (Lipinski definition) is 1. The molecule has 0 fully saturated rings. The Morgan fingerprint density at radius 1 is 1.35 bits per heavy atom. The Morgan fingerprint density at radius 3 is 2.71 bits per heavy atom. The standard InChI is InChI=1S/C14H21BrFN/c1-4-7-17-10-14(2,3)9-11-8-12(15)5-6-13(11)16/h5-6,8,17H,4,7,9-10H2,1-3H3. The molecule has 0 amide bonds. The Kier molecular flexibility index (Phi) is 5.60. The first-order chi connectivity index (χ1) is 7.94. The van der Waals surface area contributed by atoms with E-state index in [-0.39, 0.29) is 11.2 Å². The van der Waals surface area contributed by atoms with Crippen LogP contribution in [0, 0.1) is 11.2 Å². The van der Waals surface area contributed by atoms with E-state index in [1.165, 1.54) is 6.07 Å².